The van der Waals surface area contributed by atoms with Gasteiger partial charge < -0.3 is 5.73 Å². The number of aromatic nitrogens is 1. The molecule has 0 saturated heterocycles. The third kappa shape index (κ3) is 5.64. The summed E-state index contributed by atoms with van der Waals surface area (Å²) in [5.74, 6) is 0.126. The van der Waals surface area contributed by atoms with Gasteiger partial charge in [-0.1, -0.05) is 50.6 Å². The van der Waals surface area contributed by atoms with Crippen LogP contribution in [-0.4, -0.2) is 19.9 Å². The van der Waals surface area contributed by atoms with Crippen LogP contribution in [0, 0.1) is 0 Å². The van der Waals surface area contributed by atoms with Crippen molar-refractivity contribution in [3.05, 3.63) is 17.3 Å². The van der Waals surface area contributed by atoms with E-state index in [2.05, 4.69) is 16.6 Å². The minimum Gasteiger partial charge on any atom is -0.382 e. The average Bonchev–Trinajstić information content (AvgIpc) is 2.40. The molecule has 1 aromatic heterocycles. The fourth-order valence-corrected chi connectivity index (χ4v) is 3.05. The van der Waals surface area contributed by atoms with Crippen molar-refractivity contribution in [2.75, 3.05) is 12.3 Å². The van der Waals surface area contributed by atoms with E-state index in [4.69, 9.17) is 17.3 Å². The highest BCUT2D eigenvalue weighted by atomic mass is 35.5. The zero-order valence-electron chi connectivity index (χ0n) is 11.7. The summed E-state index contributed by atoms with van der Waals surface area (Å²) in [6.45, 7) is 2.59. The number of nitrogens with zero attached hydrogens (tertiary/aromatic N) is 1. The standard InChI is InChI=1S/C13H22ClN3O2S/c1-2-3-4-5-6-7-8-17-20(18,19)11-9-12(14)13(15)16-10-11/h9-10,17H,2-8H2,1H3,(H2,15,16). The maximum absolute atomic E-state index is 12.0. The van der Waals surface area contributed by atoms with Crippen molar-refractivity contribution in [1.29, 1.82) is 0 Å². The van der Waals surface area contributed by atoms with Gasteiger partial charge in [0.05, 0.1) is 5.02 Å². The van der Waals surface area contributed by atoms with Crippen LogP contribution in [0.3, 0.4) is 0 Å². The molecule has 0 aliphatic carbocycles. The number of nitrogen functional groups attached to an aromatic ring is 1. The van der Waals surface area contributed by atoms with Crippen LogP contribution >= 0.6 is 11.6 Å². The molecule has 0 atom stereocenters. The molecule has 20 heavy (non-hydrogen) atoms. The number of hydrogen-bond donors (Lipinski definition) is 2. The molecule has 0 aromatic carbocycles. The molecule has 114 valence electrons. The first-order chi connectivity index (χ1) is 9.47. The van der Waals surface area contributed by atoms with E-state index in [1.165, 1.54) is 31.5 Å². The van der Waals surface area contributed by atoms with E-state index in [0.717, 1.165) is 19.3 Å². The van der Waals surface area contributed by atoms with Crippen molar-refractivity contribution in [3.63, 3.8) is 0 Å². The molecule has 5 nitrogen and oxygen atoms in total. The van der Waals surface area contributed by atoms with Crippen molar-refractivity contribution in [3.8, 4) is 0 Å². The van der Waals surface area contributed by atoms with Gasteiger partial charge in [-0.3, -0.25) is 0 Å². The molecular weight excluding hydrogens is 298 g/mol. The Kier molecular flexibility index (Phi) is 7.26. The molecule has 0 fully saturated rings. The van der Waals surface area contributed by atoms with Gasteiger partial charge in [0.2, 0.25) is 10.0 Å². The fourth-order valence-electron chi connectivity index (χ4n) is 1.77. The summed E-state index contributed by atoms with van der Waals surface area (Å²) >= 11 is 5.77. The first kappa shape index (κ1) is 17.2. The predicted octanol–water partition coefficient (Wildman–Crippen LogP) is 2.96. The zero-order valence-corrected chi connectivity index (χ0v) is 13.3. The minimum absolute atomic E-state index is 0.0442. The van der Waals surface area contributed by atoms with Crippen molar-refractivity contribution in [1.82, 2.24) is 9.71 Å². The Hall–Kier alpha value is -0.850. The van der Waals surface area contributed by atoms with Crippen LogP contribution in [0.4, 0.5) is 5.82 Å². The number of rotatable bonds is 9. The SMILES string of the molecule is CCCCCCCCNS(=O)(=O)c1cnc(N)c(Cl)c1. The first-order valence-electron chi connectivity index (χ1n) is 6.88. The summed E-state index contributed by atoms with van der Waals surface area (Å²) in [6, 6.07) is 1.31. The molecule has 3 N–H and O–H groups in total. The van der Waals surface area contributed by atoms with Crippen LogP contribution in [0.5, 0.6) is 0 Å². The Morgan fingerprint density at radius 1 is 1.25 bits per heavy atom. The predicted molar refractivity (Wildman–Crippen MR) is 82.2 cm³/mol. The zero-order chi connectivity index (χ0) is 15.0. The summed E-state index contributed by atoms with van der Waals surface area (Å²) in [4.78, 5) is 3.79. The number of hydrogen-bond acceptors (Lipinski definition) is 4. The lowest BCUT2D eigenvalue weighted by Crippen LogP contribution is -2.25. The van der Waals surface area contributed by atoms with Crippen molar-refractivity contribution < 1.29 is 8.42 Å². The highest BCUT2D eigenvalue weighted by Gasteiger charge is 2.15. The number of pyridine rings is 1. The Morgan fingerprint density at radius 2 is 1.90 bits per heavy atom. The number of sulfonamides is 1. The van der Waals surface area contributed by atoms with E-state index in [0.29, 0.717) is 6.54 Å². The Labute approximate surface area is 126 Å². The van der Waals surface area contributed by atoms with Gasteiger partial charge >= 0.3 is 0 Å². The minimum atomic E-state index is -3.55. The molecule has 0 aliphatic rings. The summed E-state index contributed by atoms with van der Waals surface area (Å²) in [7, 11) is -3.55. The summed E-state index contributed by atoms with van der Waals surface area (Å²) in [6.07, 6.45) is 7.87. The van der Waals surface area contributed by atoms with E-state index in [-0.39, 0.29) is 15.7 Å². The molecule has 1 rings (SSSR count). The summed E-state index contributed by atoms with van der Waals surface area (Å²) in [5.41, 5.74) is 5.45. The molecule has 0 radical (unpaired) electrons. The molecule has 0 saturated carbocycles. The molecular formula is C13H22ClN3O2S. The molecule has 1 heterocycles. The molecule has 7 heteroatoms. The van der Waals surface area contributed by atoms with Crippen LogP contribution in [0.15, 0.2) is 17.2 Å². The van der Waals surface area contributed by atoms with Crippen LogP contribution < -0.4 is 10.5 Å². The lowest BCUT2D eigenvalue weighted by Gasteiger charge is -2.07. The quantitative estimate of drug-likeness (QED) is 0.685. The lowest BCUT2D eigenvalue weighted by atomic mass is 10.1. The number of nitrogens with one attached hydrogen (secondary N) is 1. The Morgan fingerprint density at radius 3 is 2.55 bits per heavy atom. The van der Waals surface area contributed by atoms with Gasteiger partial charge in [0, 0.05) is 12.7 Å². The topological polar surface area (TPSA) is 85.1 Å². The molecule has 0 spiro atoms. The van der Waals surface area contributed by atoms with E-state index in [1.807, 2.05) is 0 Å². The van der Waals surface area contributed by atoms with E-state index in [1.54, 1.807) is 0 Å². The number of halogens is 1. The van der Waals surface area contributed by atoms with Crippen LogP contribution in [0.2, 0.25) is 5.02 Å². The second kappa shape index (κ2) is 8.44. The lowest BCUT2D eigenvalue weighted by molar-refractivity contribution is 0.567. The van der Waals surface area contributed by atoms with Gasteiger partial charge in [-0.25, -0.2) is 18.1 Å². The van der Waals surface area contributed by atoms with Gasteiger partial charge in [0.15, 0.2) is 0 Å². The van der Waals surface area contributed by atoms with Crippen LogP contribution in [0.1, 0.15) is 45.4 Å². The number of anilines is 1. The smallest absolute Gasteiger partial charge is 0.242 e. The first-order valence-corrected chi connectivity index (χ1v) is 8.74. The normalized spacial score (nSPS) is 11.7. The monoisotopic (exact) mass is 319 g/mol. The molecule has 0 bridgehead atoms. The highest BCUT2D eigenvalue weighted by Crippen LogP contribution is 2.19. The molecule has 0 aliphatic heterocycles. The molecule has 0 amide bonds. The van der Waals surface area contributed by atoms with Gasteiger partial charge in [-0.2, -0.15) is 0 Å². The van der Waals surface area contributed by atoms with Crippen molar-refractivity contribution in [2.24, 2.45) is 0 Å². The largest absolute Gasteiger partial charge is 0.382 e. The average molecular weight is 320 g/mol. The maximum Gasteiger partial charge on any atom is 0.242 e. The van der Waals surface area contributed by atoms with Crippen molar-refractivity contribution >= 4 is 27.4 Å². The van der Waals surface area contributed by atoms with Gasteiger partial charge in [-0.15, -0.1) is 0 Å². The van der Waals surface area contributed by atoms with Gasteiger partial charge in [-0.05, 0) is 12.5 Å². The van der Waals surface area contributed by atoms with E-state index in [9.17, 15) is 8.42 Å². The van der Waals surface area contributed by atoms with E-state index >= 15 is 0 Å². The van der Waals surface area contributed by atoms with Crippen LogP contribution in [0.25, 0.3) is 0 Å². The summed E-state index contributed by atoms with van der Waals surface area (Å²) < 4.78 is 26.5. The second-order valence-electron chi connectivity index (χ2n) is 4.70. The van der Waals surface area contributed by atoms with Crippen LogP contribution in [-0.2, 0) is 10.0 Å². The Balaban J connectivity index is 2.40. The molecule has 1 aromatic rings. The highest BCUT2D eigenvalue weighted by molar-refractivity contribution is 7.89. The summed E-state index contributed by atoms with van der Waals surface area (Å²) in [5, 5.41) is 0.146. The van der Waals surface area contributed by atoms with Gasteiger partial charge in [0.1, 0.15) is 10.7 Å². The number of unbranched alkanes of at least 4 members (excludes halogenated alkanes) is 5. The second-order valence-corrected chi connectivity index (χ2v) is 6.88. The third-order valence-electron chi connectivity index (χ3n) is 2.98. The molecule has 0 unspecified atom stereocenters. The Bertz CT molecular complexity index is 520. The van der Waals surface area contributed by atoms with Crippen molar-refractivity contribution in [2.45, 2.75) is 50.3 Å². The maximum atomic E-state index is 12.0. The fraction of sp³-hybridized carbons (Fsp3) is 0.615. The van der Waals surface area contributed by atoms with E-state index < -0.39 is 10.0 Å². The number of nitrogens with two attached hydrogens (primary N) is 1. The van der Waals surface area contributed by atoms with Gasteiger partial charge in [0.25, 0.3) is 0 Å². The third-order valence-corrected chi connectivity index (χ3v) is 4.71.